The number of aryl methyl sites for hydroxylation is 2. The molecule has 4 heterocycles. The summed E-state index contributed by atoms with van der Waals surface area (Å²) < 4.78 is 18.7. The van der Waals surface area contributed by atoms with Crippen LogP contribution in [0, 0.1) is 28.4 Å². The normalized spacial score (nSPS) is 11.9. The van der Waals surface area contributed by atoms with Crippen LogP contribution in [0.15, 0.2) is 45.6 Å². The van der Waals surface area contributed by atoms with E-state index in [9.17, 15) is 4.79 Å². The maximum Gasteiger partial charge on any atom is 0.276 e. The fourth-order valence-corrected chi connectivity index (χ4v) is 5.57. The van der Waals surface area contributed by atoms with E-state index in [2.05, 4.69) is 99.6 Å². The number of nitrogens with zero attached hydrogens (tertiary/aromatic N) is 4. The maximum absolute atomic E-state index is 12.0. The van der Waals surface area contributed by atoms with E-state index >= 15 is 0 Å². The molecule has 0 spiro atoms. The van der Waals surface area contributed by atoms with E-state index < -0.39 is 0 Å². The minimum atomic E-state index is -0.373. The molecule has 0 aliphatic carbocycles. The lowest BCUT2D eigenvalue weighted by atomic mass is 10.1. The van der Waals surface area contributed by atoms with Gasteiger partial charge in [-0.15, -0.1) is 12.4 Å². The molecule has 11 nitrogen and oxygen atoms in total. The minimum absolute atomic E-state index is 0. The molecule has 0 fully saturated rings. The molecule has 4 aromatic rings. The molecule has 0 atom stereocenters. The van der Waals surface area contributed by atoms with Crippen LogP contribution in [0.1, 0.15) is 42.9 Å². The Morgan fingerprint density at radius 3 is 1.82 bits per heavy atom. The first-order chi connectivity index (χ1) is 20.3. The number of hydrogen-bond acceptors (Lipinski definition) is 7. The van der Waals surface area contributed by atoms with Gasteiger partial charge in [0.25, 0.3) is 5.91 Å². The van der Waals surface area contributed by atoms with E-state index in [0.29, 0.717) is 31.3 Å². The van der Waals surface area contributed by atoms with Crippen molar-refractivity contribution < 1.29 is 14.3 Å². The first kappa shape index (κ1) is 38.2. The average Bonchev–Trinajstić information content (AvgIpc) is 3.42. The van der Waals surface area contributed by atoms with E-state index in [-0.39, 0.29) is 37.4 Å². The van der Waals surface area contributed by atoms with Crippen LogP contribution in [-0.2, 0) is 13.1 Å². The Morgan fingerprint density at radius 2 is 1.36 bits per heavy atom. The number of carbonyl (C=O) groups excluding carboxylic acids is 1. The molecule has 0 bridgehead atoms. The van der Waals surface area contributed by atoms with Crippen molar-refractivity contribution in [2.45, 2.75) is 48.2 Å². The number of ether oxygens (including phenoxy) is 2. The highest BCUT2D eigenvalue weighted by Gasteiger charge is 2.22. The quantitative estimate of drug-likeness (QED) is 0.0890. The summed E-state index contributed by atoms with van der Waals surface area (Å²) in [4.78, 5) is 21.0. The van der Waals surface area contributed by atoms with Gasteiger partial charge in [-0.1, -0.05) is 39.3 Å². The second-order valence-electron chi connectivity index (χ2n) is 9.88. The van der Waals surface area contributed by atoms with Gasteiger partial charge in [-0.25, -0.2) is 9.97 Å². The zero-order chi connectivity index (χ0) is 31.4. The molecule has 1 amide bonds. The first-order valence-corrected chi connectivity index (χ1v) is 15.8. The third-order valence-corrected chi connectivity index (χ3v) is 8.47. The lowest BCUT2D eigenvalue weighted by Gasteiger charge is -2.08. The van der Waals surface area contributed by atoms with Gasteiger partial charge in [0.2, 0.25) is 0 Å². The Kier molecular flexibility index (Phi) is 14.1. The largest absolute Gasteiger partial charge is 0.491 e. The summed E-state index contributed by atoms with van der Waals surface area (Å²) in [7, 11) is 0. The fraction of sp³-hybridized carbons (Fsp3) is 0.300. The number of aromatic nitrogens is 4. The SMILES string of the molecule is C.CC(=N)N.CC(=N)NC(=O)c1cn2c(n1)-c1cc(Br)c(C)cc1OCC2.Cc1cc2c(cc1Br)-c1nc(I)cn1CCO2.Cl. The van der Waals surface area contributed by atoms with Crippen LogP contribution in [0.25, 0.3) is 22.8 Å². The Morgan fingerprint density at radius 1 is 0.911 bits per heavy atom. The topological polar surface area (TPSA) is 157 Å². The van der Waals surface area contributed by atoms with Gasteiger partial charge in [-0.2, -0.15) is 0 Å². The minimum Gasteiger partial charge on any atom is -0.491 e. The van der Waals surface area contributed by atoms with Crippen LogP contribution in [0.4, 0.5) is 0 Å². The van der Waals surface area contributed by atoms with Crippen molar-refractivity contribution in [3.8, 4) is 34.3 Å². The fourth-order valence-electron chi connectivity index (χ4n) is 4.32. The van der Waals surface area contributed by atoms with Crippen LogP contribution in [0.5, 0.6) is 11.5 Å². The zero-order valence-electron chi connectivity index (χ0n) is 24.4. The number of benzene rings is 2. The van der Waals surface area contributed by atoms with Gasteiger partial charge in [0, 0.05) is 21.3 Å². The van der Waals surface area contributed by atoms with Crippen LogP contribution >= 0.6 is 66.9 Å². The number of carbonyl (C=O) groups is 1. The summed E-state index contributed by atoms with van der Waals surface area (Å²) in [6, 6.07) is 8.07. The summed E-state index contributed by atoms with van der Waals surface area (Å²) in [6.45, 7) is 9.77. The van der Waals surface area contributed by atoms with Crippen molar-refractivity contribution in [2.75, 3.05) is 13.2 Å². The summed E-state index contributed by atoms with van der Waals surface area (Å²) >= 11 is 9.33. The van der Waals surface area contributed by atoms with Crippen molar-refractivity contribution in [3.63, 3.8) is 0 Å². The van der Waals surface area contributed by atoms with Gasteiger partial charge in [0.15, 0.2) is 0 Å². The molecular weight excluding hydrogens is 843 g/mol. The third-order valence-electron chi connectivity index (χ3n) is 6.24. The molecule has 2 aliphatic rings. The van der Waals surface area contributed by atoms with E-state index in [4.69, 9.17) is 26.0 Å². The summed E-state index contributed by atoms with van der Waals surface area (Å²) in [5.41, 5.74) is 9.16. The molecule has 2 aromatic carbocycles. The lowest BCUT2D eigenvalue weighted by molar-refractivity contribution is 0.0972. The van der Waals surface area contributed by atoms with Gasteiger partial charge < -0.3 is 29.7 Å². The Bertz CT molecular complexity index is 1720. The van der Waals surface area contributed by atoms with Crippen LogP contribution in [0.2, 0.25) is 0 Å². The number of halogens is 4. The van der Waals surface area contributed by atoms with Crippen molar-refractivity contribution in [3.05, 3.63) is 66.1 Å². The molecule has 15 heteroatoms. The highest BCUT2D eigenvalue weighted by Crippen LogP contribution is 2.37. The van der Waals surface area contributed by atoms with Gasteiger partial charge in [-0.3, -0.25) is 15.6 Å². The molecular formula is C30H36Br2ClIN8O3. The van der Waals surface area contributed by atoms with Crippen molar-refractivity contribution in [1.82, 2.24) is 24.4 Å². The molecule has 2 aromatic heterocycles. The van der Waals surface area contributed by atoms with Crippen molar-refractivity contribution >= 4 is 84.4 Å². The molecule has 45 heavy (non-hydrogen) atoms. The van der Waals surface area contributed by atoms with Gasteiger partial charge in [0.05, 0.1) is 35.9 Å². The number of fused-ring (bicyclic) bond motifs is 6. The predicted octanol–water partition coefficient (Wildman–Crippen LogP) is 7.36. The average molecular weight is 879 g/mol. The Hall–Kier alpha value is -2.95. The Labute approximate surface area is 299 Å². The summed E-state index contributed by atoms with van der Waals surface area (Å²) in [6.07, 6.45) is 3.75. The smallest absolute Gasteiger partial charge is 0.276 e. The monoisotopic (exact) mass is 876 g/mol. The molecule has 242 valence electrons. The second kappa shape index (κ2) is 16.6. The molecule has 0 saturated carbocycles. The van der Waals surface area contributed by atoms with E-state index in [0.717, 1.165) is 53.2 Å². The predicted molar refractivity (Wildman–Crippen MR) is 196 cm³/mol. The highest BCUT2D eigenvalue weighted by molar-refractivity contribution is 14.1. The van der Waals surface area contributed by atoms with Gasteiger partial charge in [0.1, 0.15) is 45.8 Å². The number of amidine groups is 2. The summed E-state index contributed by atoms with van der Waals surface area (Å²) in [5, 5.41) is 16.1. The molecule has 0 unspecified atom stereocenters. The third kappa shape index (κ3) is 9.53. The van der Waals surface area contributed by atoms with E-state index in [1.165, 1.54) is 19.4 Å². The number of rotatable bonds is 1. The molecule has 0 radical (unpaired) electrons. The Balaban J connectivity index is 0.000000275. The summed E-state index contributed by atoms with van der Waals surface area (Å²) in [5.74, 6) is 3.26. The van der Waals surface area contributed by atoms with Crippen LogP contribution in [0.3, 0.4) is 0 Å². The van der Waals surface area contributed by atoms with E-state index in [1.54, 1.807) is 6.20 Å². The number of nitrogens with one attached hydrogen (secondary N) is 3. The van der Waals surface area contributed by atoms with Gasteiger partial charge in [-0.05, 0) is 85.7 Å². The zero-order valence-corrected chi connectivity index (χ0v) is 30.6. The molecule has 5 N–H and O–H groups in total. The number of amides is 1. The van der Waals surface area contributed by atoms with Crippen LogP contribution in [-0.4, -0.2) is 49.9 Å². The number of hydrogen-bond donors (Lipinski definition) is 4. The number of nitrogens with two attached hydrogens (primary N) is 1. The standard InChI is InChI=1S/C15H15BrN4O2.C12H10BrIN2O.C2H6N2.CH4.ClH/c1-8-5-13-10(6-11(8)16)14-19-12(15(21)18-9(2)17)7-20(14)3-4-22-13;1-7-4-10-8(5-9(7)13)12-15-11(14)6-16(12)2-3-17-10;1-2(3)4;;/h5-7H,3-4H2,1-2H3,(H2,17,18,21);4-6H,2-3H2,1H3;1H3,(H3,3,4);1H4;1H. The van der Waals surface area contributed by atoms with E-state index in [1.807, 2.05) is 23.6 Å². The number of imidazole rings is 2. The van der Waals surface area contributed by atoms with Crippen molar-refractivity contribution in [1.29, 1.82) is 10.8 Å². The molecule has 0 saturated heterocycles. The van der Waals surface area contributed by atoms with Gasteiger partial charge >= 0.3 is 0 Å². The maximum atomic E-state index is 12.0. The second-order valence-corrected chi connectivity index (χ2v) is 12.7. The van der Waals surface area contributed by atoms with Crippen molar-refractivity contribution in [2.24, 2.45) is 5.73 Å². The molecule has 6 rings (SSSR count). The first-order valence-electron chi connectivity index (χ1n) is 13.2. The molecule has 2 aliphatic heterocycles. The lowest BCUT2D eigenvalue weighted by Crippen LogP contribution is -2.27. The highest BCUT2D eigenvalue weighted by atomic mass is 127. The van der Waals surface area contributed by atoms with Crippen LogP contribution < -0.4 is 20.5 Å².